The molecule has 0 radical (unpaired) electrons. The van der Waals surface area contributed by atoms with E-state index in [0.29, 0.717) is 6.42 Å². The van der Waals surface area contributed by atoms with E-state index in [9.17, 15) is 10.1 Å². The lowest BCUT2D eigenvalue weighted by Gasteiger charge is -2.18. The molecule has 0 heterocycles. The normalized spacial score (nSPS) is 18.4. The third-order valence-corrected chi connectivity index (χ3v) is 3.57. The number of para-hydroxylation sites is 1. The fraction of sp³-hybridized carbons (Fsp3) is 0.467. The summed E-state index contributed by atoms with van der Waals surface area (Å²) in [5.41, 5.74) is 1.04. The number of benzene rings is 1. The van der Waals surface area contributed by atoms with Gasteiger partial charge in [0.15, 0.2) is 0 Å². The molecule has 1 aliphatic carbocycles. The fourth-order valence-electron chi connectivity index (χ4n) is 2.47. The molecule has 4 nitrogen and oxygen atoms in total. The number of nitrogens with zero attached hydrogens (tertiary/aromatic N) is 1. The average Bonchev–Trinajstić information content (AvgIpc) is 2.45. The van der Waals surface area contributed by atoms with Crippen molar-refractivity contribution in [2.45, 2.75) is 25.7 Å². The highest BCUT2D eigenvalue weighted by Crippen LogP contribution is 2.18. The Hall–Kier alpha value is -1.68. The van der Waals surface area contributed by atoms with Gasteiger partial charge in [0.25, 0.3) is 5.69 Å². The molecular formula is C15H20N2O2. The molecule has 0 aromatic heterocycles. The SMILES string of the molecule is O=[N+]([O-])c1ccccc1CCNCC1CC=CCC1. The number of hydrogen-bond acceptors (Lipinski definition) is 3. The van der Waals surface area contributed by atoms with Gasteiger partial charge in [-0.15, -0.1) is 0 Å². The van der Waals surface area contributed by atoms with Crippen molar-refractivity contribution in [3.63, 3.8) is 0 Å². The Bertz CT molecular complexity index is 457. The van der Waals surface area contributed by atoms with Gasteiger partial charge in [-0.2, -0.15) is 0 Å². The predicted molar refractivity (Wildman–Crippen MR) is 76.2 cm³/mol. The minimum atomic E-state index is -0.304. The van der Waals surface area contributed by atoms with Gasteiger partial charge < -0.3 is 5.32 Å². The van der Waals surface area contributed by atoms with Gasteiger partial charge >= 0.3 is 0 Å². The smallest absolute Gasteiger partial charge is 0.272 e. The highest BCUT2D eigenvalue weighted by atomic mass is 16.6. The first-order valence-electron chi connectivity index (χ1n) is 6.85. The summed E-state index contributed by atoms with van der Waals surface area (Å²) in [6, 6.07) is 6.97. The molecular weight excluding hydrogens is 240 g/mol. The maximum atomic E-state index is 10.9. The minimum Gasteiger partial charge on any atom is -0.316 e. The Morgan fingerprint density at radius 1 is 1.32 bits per heavy atom. The Morgan fingerprint density at radius 3 is 2.89 bits per heavy atom. The summed E-state index contributed by atoms with van der Waals surface area (Å²) in [5, 5.41) is 14.3. The first-order chi connectivity index (χ1) is 9.27. The highest BCUT2D eigenvalue weighted by molar-refractivity contribution is 5.39. The van der Waals surface area contributed by atoms with E-state index >= 15 is 0 Å². The Kier molecular flexibility index (Phi) is 5.10. The van der Waals surface area contributed by atoms with Crippen LogP contribution in [0.25, 0.3) is 0 Å². The van der Waals surface area contributed by atoms with Crippen LogP contribution in [0.5, 0.6) is 0 Å². The van der Waals surface area contributed by atoms with Crippen molar-refractivity contribution in [3.8, 4) is 0 Å². The molecule has 0 amide bonds. The van der Waals surface area contributed by atoms with E-state index in [1.54, 1.807) is 12.1 Å². The van der Waals surface area contributed by atoms with Crippen LogP contribution < -0.4 is 5.32 Å². The topological polar surface area (TPSA) is 55.2 Å². The average molecular weight is 260 g/mol. The minimum absolute atomic E-state index is 0.227. The van der Waals surface area contributed by atoms with Gasteiger partial charge in [-0.05, 0) is 44.7 Å². The number of hydrogen-bond donors (Lipinski definition) is 1. The second kappa shape index (κ2) is 7.04. The number of nitro groups is 1. The number of nitro benzene ring substituents is 1. The van der Waals surface area contributed by atoms with Crippen molar-refractivity contribution in [1.29, 1.82) is 0 Å². The number of rotatable bonds is 6. The van der Waals surface area contributed by atoms with Crippen molar-refractivity contribution in [1.82, 2.24) is 5.32 Å². The number of allylic oxidation sites excluding steroid dienone is 2. The van der Waals surface area contributed by atoms with Crippen LogP contribution in [0.4, 0.5) is 5.69 Å². The molecule has 1 aromatic rings. The molecule has 19 heavy (non-hydrogen) atoms. The predicted octanol–water partition coefficient (Wildman–Crippen LogP) is 3.08. The van der Waals surface area contributed by atoms with E-state index in [2.05, 4.69) is 17.5 Å². The standard InChI is InChI=1S/C15H20N2O2/c18-17(19)15-9-5-4-8-14(15)10-11-16-12-13-6-2-1-3-7-13/h1-2,4-5,8-9,13,16H,3,6-7,10-12H2. The van der Waals surface area contributed by atoms with E-state index in [-0.39, 0.29) is 10.6 Å². The second-order valence-electron chi connectivity index (χ2n) is 4.99. The molecule has 0 spiro atoms. The second-order valence-corrected chi connectivity index (χ2v) is 4.99. The maximum Gasteiger partial charge on any atom is 0.272 e. The lowest BCUT2D eigenvalue weighted by atomic mass is 9.94. The first-order valence-corrected chi connectivity index (χ1v) is 6.85. The van der Waals surface area contributed by atoms with Gasteiger partial charge in [-0.3, -0.25) is 10.1 Å². The van der Waals surface area contributed by atoms with E-state index in [0.717, 1.165) is 31.0 Å². The summed E-state index contributed by atoms with van der Waals surface area (Å²) < 4.78 is 0. The van der Waals surface area contributed by atoms with Crippen molar-refractivity contribution in [2.24, 2.45) is 5.92 Å². The zero-order chi connectivity index (χ0) is 13.5. The molecule has 1 aliphatic rings. The molecule has 0 bridgehead atoms. The van der Waals surface area contributed by atoms with Crippen LogP contribution in [0.3, 0.4) is 0 Å². The fourth-order valence-corrected chi connectivity index (χ4v) is 2.47. The zero-order valence-corrected chi connectivity index (χ0v) is 11.0. The largest absolute Gasteiger partial charge is 0.316 e. The highest BCUT2D eigenvalue weighted by Gasteiger charge is 2.12. The van der Waals surface area contributed by atoms with Crippen molar-refractivity contribution >= 4 is 5.69 Å². The van der Waals surface area contributed by atoms with Crippen LogP contribution in [0.1, 0.15) is 24.8 Å². The van der Waals surface area contributed by atoms with Gasteiger partial charge in [0, 0.05) is 11.6 Å². The lowest BCUT2D eigenvalue weighted by molar-refractivity contribution is -0.385. The molecule has 0 fully saturated rings. The van der Waals surface area contributed by atoms with Crippen molar-refractivity contribution in [2.75, 3.05) is 13.1 Å². The Balaban J connectivity index is 1.76. The first kappa shape index (κ1) is 13.7. The lowest BCUT2D eigenvalue weighted by Crippen LogP contribution is -2.25. The maximum absolute atomic E-state index is 10.9. The van der Waals surface area contributed by atoms with Gasteiger partial charge in [0.2, 0.25) is 0 Å². The van der Waals surface area contributed by atoms with E-state index in [4.69, 9.17) is 0 Å². The summed E-state index contributed by atoms with van der Waals surface area (Å²) in [6.45, 7) is 1.80. The third-order valence-electron chi connectivity index (χ3n) is 3.57. The van der Waals surface area contributed by atoms with Crippen molar-refractivity contribution < 1.29 is 4.92 Å². The van der Waals surface area contributed by atoms with E-state index in [1.165, 1.54) is 12.8 Å². The third kappa shape index (κ3) is 4.17. The van der Waals surface area contributed by atoms with Crippen LogP contribution in [-0.2, 0) is 6.42 Å². The monoisotopic (exact) mass is 260 g/mol. The van der Waals surface area contributed by atoms with Crippen LogP contribution >= 0.6 is 0 Å². The summed E-state index contributed by atoms with van der Waals surface area (Å²) in [7, 11) is 0. The molecule has 0 aliphatic heterocycles. The van der Waals surface area contributed by atoms with Gasteiger partial charge in [-0.25, -0.2) is 0 Å². The zero-order valence-electron chi connectivity index (χ0n) is 11.0. The molecule has 0 saturated carbocycles. The molecule has 1 atom stereocenters. The summed E-state index contributed by atoms with van der Waals surface area (Å²) >= 11 is 0. The van der Waals surface area contributed by atoms with Crippen LogP contribution in [0.15, 0.2) is 36.4 Å². The Morgan fingerprint density at radius 2 is 2.16 bits per heavy atom. The summed E-state index contributed by atoms with van der Waals surface area (Å²) in [4.78, 5) is 10.6. The quantitative estimate of drug-likeness (QED) is 0.370. The molecule has 2 rings (SSSR count). The Labute approximate surface area is 113 Å². The van der Waals surface area contributed by atoms with Crippen LogP contribution in [-0.4, -0.2) is 18.0 Å². The number of nitrogens with one attached hydrogen (secondary N) is 1. The van der Waals surface area contributed by atoms with Crippen LogP contribution in [0.2, 0.25) is 0 Å². The van der Waals surface area contributed by atoms with E-state index in [1.807, 2.05) is 12.1 Å². The van der Waals surface area contributed by atoms with Gasteiger partial charge in [0.1, 0.15) is 0 Å². The summed E-state index contributed by atoms with van der Waals surface area (Å²) in [6.07, 6.45) is 8.77. The van der Waals surface area contributed by atoms with Gasteiger partial charge in [0.05, 0.1) is 4.92 Å². The molecule has 0 saturated heterocycles. The molecule has 1 unspecified atom stereocenters. The van der Waals surface area contributed by atoms with E-state index < -0.39 is 0 Å². The molecule has 1 N–H and O–H groups in total. The molecule has 4 heteroatoms. The summed E-state index contributed by atoms with van der Waals surface area (Å²) in [5.74, 6) is 0.718. The van der Waals surface area contributed by atoms with Gasteiger partial charge in [-0.1, -0.05) is 30.4 Å². The van der Waals surface area contributed by atoms with Crippen LogP contribution in [0, 0.1) is 16.0 Å². The molecule has 102 valence electrons. The van der Waals surface area contributed by atoms with Crippen molar-refractivity contribution in [3.05, 3.63) is 52.1 Å². The molecule has 1 aromatic carbocycles.